The molecule has 0 aliphatic rings. The van der Waals surface area contributed by atoms with Crippen molar-refractivity contribution in [1.29, 1.82) is 0 Å². The Morgan fingerprint density at radius 1 is 0.857 bits per heavy atom. The average Bonchev–Trinajstić information content (AvgIpc) is 2.38. The van der Waals surface area contributed by atoms with Crippen molar-refractivity contribution in [1.82, 2.24) is 0 Å². The van der Waals surface area contributed by atoms with E-state index in [9.17, 15) is 0 Å². The summed E-state index contributed by atoms with van der Waals surface area (Å²) in [6.45, 7) is 4.08. The molecule has 0 heterocycles. The topological polar surface area (TPSA) is 9.23 Å². The number of para-hydroxylation sites is 1. The first-order valence-electron chi connectivity index (χ1n) is 6.77. The highest BCUT2D eigenvalue weighted by atomic mass is 35.6. The third-order valence-electron chi connectivity index (χ3n) is 3.22. The minimum absolute atomic E-state index is 0.193. The van der Waals surface area contributed by atoms with Crippen LogP contribution < -0.4 is 4.74 Å². The van der Waals surface area contributed by atoms with Gasteiger partial charge in [-0.25, -0.2) is 0 Å². The number of rotatable bonds is 4. The molecule has 2 aromatic rings. The zero-order valence-corrected chi connectivity index (χ0v) is 14.2. The molecule has 0 N–H and O–H groups in total. The van der Waals surface area contributed by atoms with Crippen LogP contribution in [-0.4, -0.2) is 3.79 Å². The van der Waals surface area contributed by atoms with Crippen LogP contribution in [0.15, 0.2) is 54.6 Å². The number of hydrogen-bond donors (Lipinski definition) is 0. The van der Waals surface area contributed by atoms with Crippen LogP contribution in [-0.2, 0) is 0 Å². The highest BCUT2D eigenvalue weighted by molar-refractivity contribution is 6.68. The van der Waals surface area contributed by atoms with Crippen LogP contribution in [0, 0.1) is 5.92 Å². The molecule has 1 unspecified atom stereocenters. The lowest BCUT2D eigenvalue weighted by atomic mass is 9.89. The van der Waals surface area contributed by atoms with Crippen LogP contribution >= 0.6 is 34.8 Å². The van der Waals surface area contributed by atoms with Crippen molar-refractivity contribution in [2.24, 2.45) is 5.92 Å². The number of benzene rings is 2. The fourth-order valence-electron chi connectivity index (χ4n) is 2.35. The van der Waals surface area contributed by atoms with E-state index in [4.69, 9.17) is 39.5 Å². The van der Waals surface area contributed by atoms with E-state index in [1.807, 2.05) is 68.4 Å². The van der Waals surface area contributed by atoms with Gasteiger partial charge in [0.25, 0.3) is 0 Å². The molecule has 0 bridgehead atoms. The molecule has 112 valence electrons. The third-order valence-corrected chi connectivity index (χ3v) is 3.92. The van der Waals surface area contributed by atoms with Crippen molar-refractivity contribution >= 4 is 34.8 Å². The molecule has 0 radical (unpaired) electrons. The molecule has 4 heteroatoms. The van der Waals surface area contributed by atoms with Gasteiger partial charge in [0, 0.05) is 5.92 Å². The Morgan fingerprint density at radius 2 is 1.48 bits per heavy atom. The van der Waals surface area contributed by atoms with E-state index in [1.54, 1.807) is 0 Å². The van der Waals surface area contributed by atoms with Crippen LogP contribution in [0.4, 0.5) is 0 Å². The van der Waals surface area contributed by atoms with Crippen LogP contribution in [0.2, 0.25) is 0 Å². The van der Waals surface area contributed by atoms with Gasteiger partial charge in [0.05, 0.1) is 0 Å². The Hall–Kier alpha value is -0.890. The largest absolute Gasteiger partial charge is 0.457 e. The van der Waals surface area contributed by atoms with Crippen LogP contribution in [0.3, 0.4) is 0 Å². The molecule has 0 saturated heterocycles. The van der Waals surface area contributed by atoms with Crippen molar-refractivity contribution in [3.63, 3.8) is 0 Å². The predicted octanol–water partition coefficient (Wildman–Crippen LogP) is 6.59. The normalized spacial score (nSPS) is 13.2. The lowest BCUT2D eigenvalue weighted by Crippen LogP contribution is -2.22. The third kappa shape index (κ3) is 4.54. The Balaban J connectivity index is 2.28. The standard InChI is InChI=1S/C17H17Cl3O/c1-12(2)16(17(18,19)20)13-7-6-10-15(11-13)21-14-8-4-3-5-9-14/h3-12,16H,1-2H3. The molecule has 0 saturated carbocycles. The second kappa shape index (κ2) is 6.91. The number of ether oxygens (including phenoxy) is 1. The van der Waals surface area contributed by atoms with E-state index in [0.29, 0.717) is 0 Å². The quantitative estimate of drug-likeness (QED) is 0.569. The first-order chi connectivity index (χ1) is 9.88. The molecule has 21 heavy (non-hydrogen) atoms. The molecule has 1 nitrogen and oxygen atoms in total. The summed E-state index contributed by atoms with van der Waals surface area (Å²) < 4.78 is 4.48. The summed E-state index contributed by atoms with van der Waals surface area (Å²) in [6.07, 6.45) is 0. The Labute approximate surface area is 140 Å². The van der Waals surface area contributed by atoms with E-state index < -0.39 is 3.79 Å². The molecule has 0 aliphatic heterocycles. The molecular formula is C17H17Cl3O. The van der Waals surface area contributed by atoms with E-state index in [2.05, 4.69) is 0 Å². The Kier molecular flexibility index (Phi) is 5.43. The van der Waals surface area contributed by atoms with Crippen molar-refractivity contribution in [3.8, 4) is 11.5 Å². The number of halogens is 3. The maximum atomic E-state index is 6.13. The molecule has 0 fully saturated rings. The SMILES string of the molecule is CC(C)C(c1cccc(Oc2ccccc2)c1)C(Cl)(Cl)Cl. The number of hydrogen-bond acceptors (Lipinski definition) is 1. The minimum atomic E-state index is -1.35. The summed E-state index contributed by atoms with van der Waals surface area (Å²) in [4.78, 5) is 0. The van der Waals surface area contributed by atoms with Gasteiger partial charge >= 0.3 is 0 Å². The summed E-state index contributed by atoms with van der Waals surface area (Å²) in [5, 5.41) is 0. The van der Waals surface area contributed by atoms with Gasteiger partial charge in [-0.05, 0) is 35.7 Å². The van der Waals surface area contributed by atoms with E-state index in [0.717, 1.165) is 17.1 Å². The zero-order valence-electron chi connectivity index (χ0n) is 11.9. The fraction of sp³-hybridized carbons (Fsp3) is 0.294. The van der Waals surface area contributed by atoms with Gasteiger partial charge in [-0.3, -0.25) is 0 Å². The molecule has 0 aromatic heterocycles. The van der Waals surface area contributed by atoms with Gasteiger partial charge in [0.15, 0.2) is 3.79 Å². The molecular weight excluding hydrogens is 327 g/mol. The Morgan fingerprint density at radius 3 is 2.05 bits per heavy atom. The molecule has 0 spiro atoms. The number of alkyl halides is 3. The van der Waals surface area contributed by atoms with Gasteiger partial charge in [-0.15, -0.1) is 0 Å². The summed E-state index contributed by atoms with van der Waals surface area (Å²) in [6, 6.07) is 17.3. The average molecular weight is 344 g/mol. The lowest BCUT2D eigenvalue weighted by Gasteiger charge is -2.28. The second-order valence-corrected chi connectivity index (χ2v) is 7.62. The molecule has 2 rings (SSSR count). The summed E-state index contributed by atoms with van der Waals surface area (Å²) in [5.41, 5.74) is 0.957. The van der Waals surface area contributed by atoms with Crippen molar-refractivity contribution in [2.75, 3.05) is 0 Å². The molecule has 1 atom stereocenters. The molecule has 2 aromatic carbocycles. The highest BCUT2D eigenvalue weighted by Gasteiger charge is 2.36. The maximum Gasteiger partial charge on any atom is 0.197 e. The smallest absolute Gasteiger partial charge is 0.197 e. The fourth-order valence-corrected chi connectivity index (χ4v) is 3.48. The van der Waals surface area contributed by atoms with Crippen molar-refractivity contribution < 1.29 is 4.74 Å². The second-order valence-electron chi connectivity index (χ2n) is 5.25. The van der Waals surface area contributed by atoms with Crippen LogP contribution in [0.1, 0.15) is 25.3 Å². The maximum absolute atomic E-state index is 6.13. The van der Waals surface area contributed by atoms with E-state index in [-0.39, 0.29) is 11.8 Å². The highest BCUT2D eigenvalue weighted by Crippen LogP contribution is 2.46. The van der Waals surface area contributed by atoms with Gasteiger partial charge < -0.3 is 4.74 Å². The summed E-state index contributed by atoms with van der Waals surface area (Å²) >= 11 is 18.4. The Bertz CT molecular complexity index is 576. The summed E-state index contributed by atoms with van der Waals surface area (Å²) in [7, 11) is 0. The van der Waals surface area contributed by atoms with E-state index >= 15 is 0 Å². The monoisotopic (exact) mass is 342 g/mol. The van der Waals surface area contributed by atoms with Gasteiger partial charge in [0.2, 0.25) is 0 Å². The zero-order chi connectivity index (χ0) is 15.5. The minimum Gasteiger partial charge on any atom is -0.457 e. The van der Waals surface area contributed by atoms with Gasteiger partial charge in [0.1, 0.15) is 11.5 Å². The van der Waals surface area contributed by atoms with E-state index in [1.165, 1.54) is 0 Å². The molecule has 0 aliphatic carbocycles. The van der Waals surface area contributed by atoms with Gasteiger partial charge in [-0.1, -0.05) is 79.0 Å². The molecule has 0 amide bonds. The van der Waals surface area contributed by atoms with Crippen LogP contribution in [0.25, 0.3) is 0 Å². The van der Waals surface area contributed by atoms with Crippen molar-refractivity contribution in [2.45, 2.75) is 23.6 Å². The lowest BCUT2D eigenvalue weighted by molar-refractivity contribution is 0.474. The first kappa shape index (κ1) is 16.5. The van der Waals surface area contributed by atoms with Crippen LogP contribution in [0.5, 0.6) is 11.5 Å². The van der Waals surface area contributed by atoms with Crippen molar-refractivity contribution in [3.05, 3.63) is 60.2 Å². The summed E-state index contributed by atoms with van der Waals surface area (Å²) in [5.74, 6) is 1.52. The van der Waals surface area contributed by atoms with Gasteiger partial charge in [-0.2, -0.15) is 0 Å². The predicted molar refractivity (Wildman–Crippen MR) is 90.8 cm³/mol. The first-order valence-corrected chi connectivity index (χ1v) is 7.91.